The fourth-order valence-corrected chi connectivity index (χ4v) is 9.43. The van der Waals surface area contributed by atoms with E-state index in [1.54, 1.807) is 0 Å². The van der Waals surface area contributed by atoms with Gasteiger partial charge in [0.25, 0.3) is 0 Å². The van der Waals surface area contributed by atoms with E-state index >= 15 is 0 Å². The van der Waals surface area contributed by atoms with E-state index in [9.17, 15) is 0 Å². The Morgan fingerprint density at radius 3 is 1.63 bits per heavy atom. The van der Waals surface area contributed by atoms with Gasteiger partial charge in [-0.1, -0.05) is 190 Å². The van der Waals surface area contributed by atoms with Gasteiger partial charge in [0, 0.05) is 33.7 Å². The van der Waals surface area contributed by atoms with E-state index in [1.165, 1.54) is 55.8 Å². The second-order valence-electron chi connectivity index (χ2n) is 16.2. The zero-order valence-electron chi connectivity index (χ0n) is 33.5. The summed E-state index contributed by atoms with van der Waals surface area (Å²) < 4.78 is 0. The fourth-order valence-electron chi connectivity index (χ4n) is 9.43. The SMILES string of the molecule is CC1(C)c2ccccc2-c2ccc(N(c3ccccc3)C3(c4ccccc4)C=CC(c4ccccc4N(c4ccccc4)c4ccc(-c5ccccc5)cc4)=CC3)cc21. The van der Waals surface area contributed by atoms with E-state index in [0.29, 0.717) is 0 Å². The summed E-state index contributed by atoms with van der Waals surface area (Å²) in [5.41, 5.74) is 16.5. The lowest BCUT2D eigenvalue weighted by Crippen LogP contribution is -2.42. The minimum absolute atomic E-state index is 0.115. The highest BCUT2D eigenvalue weighted by Gasteiger charge is 2.41. The van der Waals surface area contributed by atoms with Gasteiger partial charge in [0.05, 0.1) is 11.2 Å². The average molecular weight is 759 g/mol. The van der Waals surface area contributed by atoms with Crippen LogP contribution in [-0.4, -0.2) is 0 Å². The number of fused-ring (bicyclic) bond motifs is 3. The monoisotopic (exact) mass is 758 g/mol. The summed E-state index contributed by atoms with van der Waals surface area (Å²) in [5, 5.41) is 0. The molecule has 284 valence electrons. The van der Waals surface area contributed by atoms with Crippen LogP contribution in [0.15, 0.2) is 231 Å². The van der Waals surface area contributed by atoms with Crippen LogP contribution in [-0.2, 0) is 11.0 Å². The van der Waals surface area contributed by atoms with Gasteiger partial charge in [-0.3, -0.25) is 0 Å². The first-order chi connectivity index (χ1) is 29.0. The molecule has 8 aromatic rings. The molecule has 0 amide bonds. The third-order valence-corrected chi connectivity index (χ3v) is 12.4. The number of nitrogens with zero attached hydrogens (tertiary/aromatic N) is 2. The van der Waals surface area contributed by atoms with Crippen LogP contribution >= 0.6 is 0 Å². The zero-order chi connectivity index (χ0) is 39.8. The minimum atomic E-state index is -0.503. The molecule has 59 heavy (non-hydrogen) atoms. The first-order valence-corrected chi connectivity index (χ1v) is 20.7. The molecule has 2 aliphatic rings. The average Bonchev–Trinajstić information content (AvgIpc) is 3.54. The molecule has 1 unspecified atom stereocenters. The van der Waals surface area contributed by atoms with E-state index in [-0.39, 0.29) is 5.41 Å². The molecule has 2 heteroatoms. The molecule has 8 aromatic carbocycles. The van der Waals surface area contributed by atoms with Gasteiger partial charge in [-0.05, 0) is 106 Å². The molecule has 0 bridgehead atoms. The van der Waals surface area contributed by atoms with E-state index in [2.05, 4.69) is 254 Å². The summed E-state index contributed by atoms with van der Waals surface area (Å²) in [6.45, 7) is 4.73. The maximum absolute atomic E-state index is 2.57. The van der Waals surface area contributed by atoms with Gasteiger partial charge in [0.2, 0.25) is 0 Å². The molecule has 2 aliphatic carbocycles. The van der Waals surface area contributed by atoms with Crippen LogP contribution in [0.1, 0.15) is 42.5 Å². The van der Waals surface area contributed by atoms with E-state index in [1.807, 2.05) is 0 Å². The Morgan fingerprint density at radius 1 is 0.424 bits per heavy atom. The summed E-state index contributed by atoms with van der Waals surface area (Å²) >= 11 is 0. The predicted molar refractivity (Wildman–Crippen MR) is 249 cm³/mol. The van der Waals surface area contributed by atoms with Gasteiger partial charge in [0.1, 0.15) is 0 Å². The molecule has 0 saturated heterocycles. The maximum Gasteiger partial charge on any atom is 0.0923 e. The van der Waals surface area contributed by atoms with E-state index < -0.39 is 5.54 Å². The number of allylic oxidation sites excluding steroid dienone is 2. The summed E-state index contributed by atoms with van der Waals surface area (Å²) in [7, 11) is 0. The van der Waals surface area contributed by atoms with E-state index in [4.69, 9.17) is 0 Å². The van der Waals surface area contributed by atoms with Crippen molar-refractivity contribution in [3.05, 3.63) is 253 Å². The van der Waals surface area contributed by atoms with Crippen LogP contribution < -0.4 is 9.80 Å². The van der Waals surface area contributed by atoms with Crippen LogP contribution in [0.2, 0.25) is 0 Å². The lowest BCUT2D eigenvalue weighted by Gasteiger charge is -2.45. The molecular formula is C57H46N2. The molecule has 0 N–H and O–H groups in total. The van der Waals surface area contributed by atoms with Crippen LogP contribution in [0.25, 0.3) is 27.8 Å². The first kappa shape index (κ1) is 36.2. The lowest BCUT2D eigenvalue weighted by molar-refractivity contribution is 0.547. The molecule has 0 aromatic heterocycles. The minimum Gasteiger partial charge on any atom is -0.327 e. The Labute approximate surface area is 348 Å². The van der Waals surface area contributed by atoms with Gasteiger partial charge >= 0.3 is 0 Å². The predicted octanol–water partition coefficient (Wildman–Crippen LogP) is 15.2. The molecule has 0 heterocycles. The van der Waals surface area contributed by atoms with Crippen molar-refractivity contribution in [2.75, 3.05) is 9.80 Å². The third-order valence-electron chi connectivity index (χ3n) is 12.4. The van der Waals surface area contributed by atoms with Crippen LogP contribution in [0.5, 0.6) is 0 Å². The molecule has 0 radical (unpaired) electrons. The van der Waals surface area contributed by atoms with Crippen molar-refractivity contribution >= 4 is 34.0 Å². The molecule has 2 nitrogen and oxygen atoms in total. The Kier molecular flexibility index (Phi) is 9.19. The highest BCUT2D eigenvalue weighted by Crippen LogP contribution is 2.53. The summed E-state index contributed by atoms with van der Waals surface area (Å²) in [4.78, 5) is 4.96. The number of hydrogen-bond donors (Lipinski definition) is 0. The highest BCUT2D eigenvalue weighted by atomic mass is 15.2. The van der Waals surface area contributed by atoms with Gasteiger partial charge in [-0.25, -0.2) is 0 Å². The number of anilines is 5. The standard InChI is InChI=1S/C57H46N2/c1-56(2)53-29-17-15-28-51(53)52-36-35-49(41-54(52)56)59(48-25-13-6-14-26-48)57(45-21-9-4-10-22-45)39-37-44(38-40-57)50-27-16-18-30-55(50)58(46-23-11-5-12-24-46)47-33-31-43(32-34-47)42-19-7-3-8-20-42/h3-39,41H,40H2,1-2H3. The Balaban J connectivity index is 1.09. The summed E-state index contributed by atoms with van der Waals surface area (Å²) in [6.07, 6.45) is 8.04. The zero-order valence-corrected chi connectivity index (χ0v) is 33.5. The summed E-state index contributed by atoms with van der Waals surface area (Å²) in [6, 6.07) is 77.1. The molecule has 0 fully saturated rings. The van der Waals surface area contributed by atoms with Crippen LogP contribution in [0.3, 0.4) is 0 Å². The van der Waals surface area contributed by atoms with Gasteiger partial charge in [0.15, 0.2) is 0 Å². The second-order valence-corrected chi connectivity index (χ2v) is 16.2. The number of benzene rings is 8. The molecule has 0 spiro atoms. The van der Waals surface area contributed by atoms with Crippen molar-refractivity contribution < 1.29 is 0 Å². The summed E-state index contributed by atoms with van der Waals surface area (Å²) in [5.74, 6) is 0. The Hall–Kier alpha value is -7.16. The maximum atomic E-state index is 2.57. The van der Waals surface area contributed by atoms with Crippen molar-refractivity contribution in [1.82, 2.24) is 0 Å². The third kappa shape index (κ3) is 6.38. The molecular weight excluding hydrogens is 713 g/mol. The van der Waals surface area contributed by atoms with Crippen molar-refractivity contribution in [2.45, 2.75) is 31.2 Å². The normalized spacial score (nSPS) is 16.1. The van der Waals surface area contributed by atoms with Gasteiger partial charge < -0.3 is 9.80 Å². The Bertz CT molecular complexity index is 2800. The number of para-hydroxylation sites is 3. The largest absolute Gasteiger partial charge is 0.327 e. The molecule has 0 aliphatic heterocycles. The van der Waals surface area contributed by atoms with Crippen molar-refractivity contribution in [1.29, 1.82) is 0 Å². The Morgan fingerprint density at radius 2 is 0.949 bits per heavy atom. The van der Waals surface area contributed by atoms with Gasteiger partial charge in [-0.15, -0.1) is 0 Å². The topological polar surface area (TPSA) is 6.48 Å². The van der Waals surface area contributed by atoms with Crippen LogP contribution in [0, 0.1) is 0 Å². The van der Waals surface area contributed by atoms with Crippen molar-refractivity contribution in [2.24, 2.45) is 0 Å². The number of hydrogen-bond acceptors (Lipinski definition) is 2. The lowest BCUT2D eigenvalue weighted by atomic mass is 9.78. The number of rotatable bonds is 9. The quantitative estimate of drug-likeness (QED) is 0.145. The molecule has 1 atom stereocenters. The van der Waals surface area contributed by atoms with E-state index in [0.717, 1.165) is 29.2 Å². The van der Waals surface area contributed by atoms with Crippen molar-refractivity contribution in [3.63, 3.8) is 0 Å². The van der Waals surface area contributed by atoms with Gasteiger partial charge in [-0.2, -0.15) is 0 Å². The fraction of sp³-hybridized carbons (Fsp3) is 0.0877. The molecule has 10 rings (SSSR count). The smallest absolute Gasteiger partial charge is 0.0923 e. The van der Waals surface area contributed by atoms with Crippen LogP contribution in [0.4, 0.5) is 28.4 Å². The highest BCUT2D eigenvalue weighted by molar-refractivity contribution is 5.91. The van der Waals surface area contributed by atoms with Crippen molar-refractivity contribution in [3.8, 4) is 22.3 Å². The second kappa shape index (κ2) is 15.0. The first-order valence-electron chi connectivity index (χ1n) is 20.7. The molecule has 0 saturated carbocycles.